The molecule has 0 bridgehead atoms. The quantitative estimate of drug-likeness (QED) is 0.367. The van der Waals surface area contributed by atoms with Crippen LogP contribution in [0.5, 0.6) is 0 Å². The Morgan fingerprint density at radius 3 is 3.00 bits per heavy atom. The van der Waals surface area contributed by atoms with Crippen LogP contribution in [0, 0.1) is 5.82 Å². The summed E-state index contributed by atoms with van der Waals surface area (Å²) in [4.78, 5) is 13.3. The molecule has 0 atom stereocenters. The average molecular weight is 235 g/mol. The molecule has 0 fully saturated rings. The van der Waals surface area contributed by atoms with Crippen molar-refractivity contribution in [2.75, 3.05) is 6.54 Å². The number of hydrogen-bond donors (Lipinski definition) is 1. The molecule has 0 aliphatic rings. The topological polar surface area (TPSA) is 86.1 Å². The Balaban J connectivity index is 2.78. The summed E-state index contributed by atoms with van der Waals surface area (Å²) in [7, 11) is 0. The van der Waals surface area contributed by atoms with Crippen molar-refractivity contribution in [2.45, 2.75) is 6.42 Å². The van der Waals surface area contributed by atoms with Gasteiger partial charge in [0.1, 0.15) is 5.82 Å². The van der Waals surface area contributed by atoms with Crippen molar-refractivity contribution in [1.29, 1.82) is 0 Å². The maximum atomic E-state index is 13.3. The van der Waals surface area contributed by atoms with Crippen LogP contribution in [-0.4, -0.2) is 17.6 Å². The minimum atomic E-state index is -1.10. The zero-order chi connectivity index (χ0) is 12.7. The Morgan fingerprint density at radius 1 is 1.59 bits per heavy atom. The lowest BCUT2D eigenvalue weighted by Crippen LogP contribution is -1.97. The molecular weight excluding hydrogens is 225 g/mol. The lowest BCUT2D eigenvalue weighted by Gasteiger charge is -1.99. The van der Waals surface area contributed by atoms with E-state index in [1.54, 1.807) is 6.08 Å². The SMILES string of the molecule is [N-]=[N+]=NCCC=Cc1cc(C(=O)O)ccc1F. The molecule has 0 amide bonds. The second-order valence-corrected chi connectivity index (χ2v) is 3.19. The van der Waals surface area contributed by atoms with Gasteiger partial charge in [0.2, 0.25) is 0 Å². The molecular formula is C11H10FN3O2. The number of rotatable bonds is 5. The number of aromatic carboxylic acids is 1. The van der Waals surface area contributed by atoms with E-state index in [9.17, 15) is 9.18 Å². The highest BCUT2D eigenvalue weighted by Gasteiger charge is 2.05. The number of carboxylic acids is 1. The highest BCUT2D eigenvalue weighted by atomic mass is 19.1. The minimum absolute atomic E-state index is 0.0288. The lowest BCUT2D eigenvalue weighted by molar-refractivity contribution is 0.0697. The molecule has 88 valence electrons. The summed E-state index contributed by atoms with van der Waals surface area (Å²) < 4.78 is 13.3. The molecule has 1 aromatic carbocycles. The fourth-order valence-corrected chi connectivity index (χ4v) is 1.19. The van der Waals surface area contributed by atoms with Crippen molar-refractivity contribution in [3.05, 3.63) is 51.7 Å². The van der Waals surface area contributed by atoms with E-state index in [2.05, 4.69) is 10.0 Å². The number of halogens is 1. The molecule has 0 heterocycles. The van der Waals surface area contributed by atoms with Gasteiger partial charge in [-0.1, -0.05) is 17.3 Å². The highest BCUT2D eigenvalue weighted by Crippen LogP contribution is 2.12. The zero-order valence-electron chi connectivity index (χ0n) is 8.88. The summed E-state index contributed by atoms with van der Waals surface area (Å²) >= 11 is 0. The normalized spacial score (nSPS) is 10.2. The van der Waals surface area contributed by atoms with E-state index in [-0.39, 0.29) is 17.7 Å². The van der Waals surface area contributed by atoms with E-state index in [1.807, 2.05) is 0 Å². The van der Waals surface area contributed by atoms with Crippen molar-refractivity contribution in [2.24, 2.45) is 5.11 Å². The third-order valence-corrected chi connectivity index (χ3v) is 2.00. The molecule has 1 rings (SSSR count). The van der Waals surface area contributed by atoms with Gasteiger partial charge in [-0.3, -0.25) is 0 Å². The first-order valence-electron chi connectivity index (χ1n) is 4.85. The summed E-state index contributed by atoms with van der Waals surface area (Å²) in [5.41, 5.74) is 8.26. The standard InChI is InChI=1S/C11H10FN3O2/c12-10-5-4-9(11(16)17)7-8(10)3-1-2-6-14-15-13/h1,3-5,7H,2,6H2,(H,16,17). The number of carboxylic acid groups (broad SMARTS) is 1. The van der Waals surface area contributed by atoms with Crippen LogP contribution in [0.25, 0.3) is 16.5 Å². The molecule has 1 N–H and O–H groups in total. The van der Waals surface area contributed by atoms with Crippen molar-refractivity contribution in [3.63, 3.8) is 0 Å². The maximum absolute atomic E-state index is 13.3. The maximum Gasteiger partial charge on any atom is 0.335 e. The monoisotopic (exact) mass is 235 g/mol. The number of benzene rings is 1. The predicted molar refractivity (Wildman–Crippen MR) is 61.0 cm³/mol. The molecule has 0 aliphatic carbocycles. The van der Waals surface area contributed by atoms with Crippen LogP contribution in [0.4, 0.5) is 4.39 Å². The van der Waals surface area contributed by atoms with Gasteiger partial charge in [-0.25, -0.2) is 9.18 Å². The number of carbonyl (C=O) groups is 1. The summed E-state index contributed by atoms with van der Waals surface area (Å²) in [5.74, 6) is -1.59. The third kappa shape index (κ3) is 3.96. The van der Waals surface area contributed by atoms with Crippen LogP contribution in [-0.2, 0) is 0 Å². The third-order valence-electron chi connectivity index (χ3n) is 2.00. The molecule has 0 unspecified atom stereocenters. The molecule has 0 aliphatic heterocycles. The Bertz CT molecular complexity index is 493. The van der Waals surface area contributed by atoms with Crippen LogP contribution in [0.2, 0.25) is 0 Å². The predicted octanol–water partition coefficient (Wildman–Crippen LogP) is 3.24. The van der Waals surface area contributed by atoms with Gasteiger partial charge >= 0.3 is 5.97 Å². The van der Waals surface area contributed by atoms with Crippen LogP contribution < -0.4 is 0 Å². The number of hydrogen-bond acceptors (Lipinski definition) is 2. The van der Waals surface area contributed by atoms with E-state index in [0.717, 1.165) is 6.07 Å². The largest absolute Gasteiger partial charge is 0.478 e. The highest BCUT2D eigenvalue weighted by molar-refractivity contribution is 5.88. The van der Waals surface area contributed by atoms with Crippen molar-refractivity contribution in [1.82, 2.24) is 0 Å². The lowest BCUT2D eigenvalue weighted by atomic mass is 10.1. The van der Waals surface area contributed by atoms with Crippen molar-refractivity contribution < 1.29 is 14.3 Å². The molecule has 0 saturated carbocycles. The Morgan fingerprint density at radius 2 is 2.35 bits per heavy atom. The smallest absolute Gasteiger partial charge is 0.335 e. The minimum Gasteiger partial charge on any atom is -0.478 e. The van der Waals surface area contributed by atoms with Gasteiger partial charge in [0, 0.05) is 17.0 Å². The second kappa shape index (κ2) is 6.30. The average Bonchev–Trinajstić information content (AvgIpc) is 2.30. The van der Waals surface area contributed by atoms with Gasteiger partial charge in [0.25, 0.3) is 0 Å². The summed E-state index contributed by atoms with van der Waals surface area (Å²) in [6.07, 6.45) is 3.56. The van der Waals surface area contributed by atoms with Crippen LogP contribution >= 0.6 is 0 Å². The van der Waals surface area contributed by atoms with E-state index in [0.29, 0.717) is 6.42 Å². The van der Waals surface area contributed by atoms with E-state index in [1.165, 1.54) is 18.2 Å². The summed E-state index contributed by atoms with van der Waals surface area (Å²) in [6, 6.07) is 3.56. The van der Waals surface area contributed by atoms with E-state index < -0.39 is 11.8 Å². The van der Waals surface area contributed by atoms with E-state index >= 15 is 0 Å². The van der Waals surface area contributed by atoms with Gasteiger partial charge in [-0.15, -0.1) is 0 Å². The zero-order valence-corrected chi connectivity index (χ0v) is 8.88. The van der Waals surface area contributed by atoms with E-state index in [4.69, 9.17) is 10.6 Å². The van der Waals surface area contributed by atoms with Gasteiger partial charge in [0.05, 0.1) is 5.56 Å². The van der Waals surface area contributed by atoms with Gasteiger partial charge in [0.15, 0.2) is 0 Å². The van der Waals surface area contributed by atoms with Gasteiger partial charge < -0.3 is 5.11 Å². The fraction of sp³-hybridized carbons (Fsp3) is 0.182. The van der Waals surface area contributed by atoms with Gasteiger partial charge in [-0.2, -0.15) is 0 Å². The Kier molecular flexibility index (Phi) is 4.72. The summed E-state index contributed by atoms with van der Waals surface area (Å²) in [5, 5.41) is 12.1. The summed E-state index contributed by atoms with van der Waals surface area (Å²) in [6.45, 7) is 0.285. The molecule has 5 nitrogen and oxygen atoms in total. The number of azide groups is 1. The van der Waals surface area contributed by atoms with Crippen LogP contribution in [0.15, 0.2) is 29.4 Å². The first kappa shape index (κ1) is 12.7. The van der Waals surface area contributed by atoms with Crippen molar-refractivity contribution >= 4 is 12.0 Å². The molecule has 17 heavy (non-hydrogen) atoms. The van der Waals surface area contributed by atoms with Crippen LogP contribution in [0.1, 0.15) is 22.3 Å². The first-order valence-corrected chi connectivity index (χ1v) is 4.85. The molecule has 0 spiro atoms. The van der Waals surface area contributed by atoms with Crippen molar-refractivity contribution in [3.8, 4) is 0 Å². The molecule has 0 radical (unpaired) electrons. The fourth-order valence-electron chi connectivity index (χ4n) is 1.19. The molecule has 0 aromatic heterocycles. The Labute approximate surface area is 96.8 Å². The van der Waals surface area contributed by atoms with Crippen LogP contribution in [0.3, 0.4) is 0 Å². The first-order chi connectivity index (χ1) is 8.15. The number of nitrogens with zero attached hydrogens (tertiary/aromatic N) is 3. The molecule has 1 aromatic rings. The Hall–Kier alpha value is -2.33. The van der Waals surface area contributed by atoms with Gasteiger partial charge in [-0.05, 0) is 30.2 Å². The molecule has 6 heteroatoms. The molecule has 0 saturated heterocycles. The second-order valence-electron chi connectivity index (χ2n) is 3.19.